The van der Waals surface area contributed by atoms with Crippen molar-refractivity contribution in [3.05, 3.63) is 48.0 Å². The summed E-state index contributed by atoms with van der Waals surface area (Å²) in [5, 5.41) is 4.07. The zero-order chi connectivity index (χ0) is 16.0. The van der Waals surface area contributed by atoms with Gasteiger partial charge in [-0.15, -0.1) is 0 Å². The van der Waals surface area contributed by atoms with Crippen LogP contribution in [0.2, 0.25) is 0 Å². The molecule has 1 fully saturated rings. The molecule has 2 heterocycles. The van der Waals surface area contributed by atoms with Crippen LogP contribution in [0.1, 0.15) is 25.0 Å². The third kappa shape index (κ3) is 2.39. The molecule has 0 bridgehead atoms. The highest BCUT2D eigenvalue weighted by molar-refractivity contribution is 5.31. The van der Waals surface area contributed by atoms with Gasteiger partial charge in [0.15, 0.2) is 0 Å². The number of nitrogens with zero attached hydrogens (tertiary/aromatic N) is 3. The molecule has 0 aliphatic carbocycles. The lowest BCUT2D eigenvalue weighted by Crippen LogP contribution is -2.57. The van der Waals surface area contributed by atoms with Crippen molar-refractivity contribution in [2.45, 2.75) is 38.3 Å². The highest BCUT2D eigenvalue weighted by Crippen LogP contribution is 2.48. The maximum atomic E-state index is 12.7. The van der Waals surface area contributed by atoms with Crippen LogP contribution in [0.3, 0.4) is 0 Å². The number of halogens is 3. The van der Waals surface area contributed by atoms with Crippen molar-refractivity contribution < 1.29 is 17.9 Å². The number of hydrogen-bond donors (Lipinski definition) is 0. The first kappa shape index (κ1) is 15.0. The van der Waals surface area contributed by atoms with E-state index in [0.29, 0.717) is 6.54 Å². The average Bonchev–Trinajstić information content (AvgIpc) is 2.98. The fraction of sp³-hybridized carbons (Fsp3) is 0.467. The summed E-state index contributed by atoms with van der Waals surface area (Å²) in [5.41, 5.74) is -0.606. The number of hydrogen-bond acceptors (Lipinski definition) is 3. The maximum absolute atomic E-state index is 12.7. The lowest BCUT2D eigenvalue weighted by atomic mass is 9.73. The second-order valence-electron chi connectivity index (χ2n) is 5.67. The van der Waals surface area contributed by atoms with Crippen molar-refractivity contribution in [1.29, 1.82) is 0 Å². The van der Waals surface area contributed by atoms with Crippen molar-refractivity contribution in [2.75, 3.05) is 0 Å². The van der Waals surface area contributed by atoms with Crippen molar-refractivity contribution in [2.24, 2.45) is 5.92 Å². The monoisotopic (exact) mass is 311 g/mol. The Bertz CT molecular complexity index is 639. The van der Waals surface area contributed by atoms with E-state index in [1.54, 1.807) is 11.0 Å². The Morgan fingerprint density at radius 1 is 1.23 bits per heavy atom. The fourth-order valence-corrected chi connectivity index (χ4v) is 2.95. The maximum Gasteiger partial charge on any atom is 0.416 e. The second kappa shape index (κ2) is 5.08. The molecule has 2 aromatic rings. The van der Waals surface area contributed by atoms with Gasteiger partial charge in [0.2, 0.25) is 0 Å². The zero-order valence-corrected chi connectivity index (χ0v) is 12.2. The summed E-state index contributed by atoms with van der Waals surface area (Å²) in [4.78, 5) is 3.90. The molecule has 0 radical (unpaired) electrons. The van der Waals surface area contributed by atoms with Crippen molar-refractivity contribution in [3.63, 3.8) is 0 Å². The summed E-state index contributed by atoms with van der Waals surface area (Å²) in [6.07, 6.45) is -1.29. The molecule has 3 atom stereocenters. The third-order valence-electron chi connectivity index (χ3n) is 4.40. The standard InChI is InChI=1S/C15H16F3N3O/c1-10-11(2)22-14(10,7-21-9-19-8-20-21)12-3-5-13(6-4-12)15(16,17)18/h3-6,8-11H,7H2,1-2H3/t10-,11+,14+/m0/s1. The zero-order valence-electron chi connectivity index (χ0n) is 12.2. The number of alkyl halides is 3. The molecule has 1 saturated heterocycles. The van der Waals surface area contributed by atoms with Crippen LogP contribution < -0.4 is 0 Å². The van der Waals surface area contributed by atoms with Gasteiger partial charge in [-0.2, -0.15) is 18.3 Å². The van der Waals surface area contributed by atoms with E-state index in [2.05, 4.69) is 10.1 Å². The van der Waals surface area contributed by atoms with Crippen LogP contribution >= 0.6 is 0 Å². The van der Waals surface area contributed by atoms with Crippen LogP contribution in [-0.2, 0) is 23.1 Å². The summed E-state index contributed by atoms with van der Waals surface area (Å²) in [7, 11) is 0. The molecule has 4 nitrogen and oxygen atoms in total. The van der Waals surface area contributed by atoms with Gasteiger partial charge in [-0.05, 0) is 24.6 Å². The Morgan fingerprint density at radius 3 is 2.36 bits per heavy atom. The van der Waals surface area contributed by atoms with Gasteiger partial charge in [0.05, 0.1) is 18.2 Å². The van der Waals surface area contributed by atoms with Gasteiger partial charge >= 0.3 is 6.18 Å². The minimum Gasteiger partial charge on any atom is -0.365 e. The molecular formula is C15H16F3N3O. The lowest BCUT2D eigenvalue weighted by molar-refractivity contribution is -0.264. The van der Waals surface area contributed by atoms with E-state index < -0.39 is 17.3 Å². The summed E-state index contributed by atoms with van der Waals surface area (Å²) >= 11 is 0. The first-order valence-electron chi connectivity index (χ1n) is 7.01. The van der Waals surface area contributed by atoms with Gasteiger partial charge in [-0.3, -0.25) is 0 Å². The van der Waals surface area contributed by atoms with E-state index in [4.69, 9.17) is 4.74 Å². The van der Waals surface area contributed by atoms with E-state index in [9.17, 15) is 13.2 Å². The van der Waals surface area contributed by atoms with Crippen LogP contribution in [0.5, 0.6) is 0 Å². The molecule has 0 saturated carbocycles. The predicted octanol–water partition coefficient (Wildman–Crippen LogP) is 3.25. The van der Waals surface area contributed by atoms with E-state index in [1.165, 1.54) is 18.5 Å². The van der Waals surface area contributed by atoms with E-state index in [-0.39, 0.29) is 12.0 Å². The largest absolute Gasteiger partial charge is 0.416 e. The van der Waals surface area contributed by atoms with E-state index in [1.807, 2.05) is 13.8 Å². The topological polar surface area (TPSA) is 39.9 Å². The van der Waals surface area contributed by atoms with E-state index >= 15 is 0 Å². The molecule has 0 spiro atoms. The van der Waals surface area contributed by atoms with Crippen LogP contribution in [0.4, 0.5) is 13.2 Å². The van der Waals surface area contributed by atoms with Crippen LogP contribution in [0.15, 0.2) is 36.9 Å². The molecule has 0 amide bonds. The molecule has 1 aliphatic rings. The average molecular weight is 311 g/mol. The summed E-state index contributed by atoms with van der Waals surface area (Å²) in [6.45, 7) is 4.40. The van der Waals surface area contributed by atoms with Crippen molar-refractivity contribution in [3.8, 4) is 0 Å². The Hall–Kier alpha value is -1.89. The first-order valence-corrected chi connectivity index (χ1v) is 7.01. The van der Waals surface area contributed by atoms with Gasteiger partial charge in [0.1, 0.15) is 18.3 Å². The number of ether oxygens (including phenoxy) is 1. The van der Waals surface area contributed by atoms with Gasteiger partial charge in [0, 0.05) is 5.92 Å². The Balaban J connectivity index is 1.93. The smallest absolute Gasteiger partial charge is 0.365 e. The quantitative estimate of drug-likeness (QED) is 0.873. The minimum atomic E-state index is -4.34. The molecule has 1 aliphatic heterocycles. The molecule has 1 aromatic carbocycles. The number of aromatic nitrogens is 3. The second-order valence-corrected chi connectivity index (χ2v) is 5.67. The summed E-state index contributed by atoms with van der Waals surface area (Å²) < 4.78 is 45.7. The Labute approximate surface area is 125 Å². The minimum absolute atomic E-state index is 0.0471. The van der Waals surface area contributed by atoms with Gasteiger partial charge in [-0.1, -0.05) is 19.1 Å². The molecule has 1 aromatic heterocycles. The summed E-state index contributed by atoms with van der Waals surface area (Å²) in [5.74, 6) is 0.161. The summed E-state index contributed by atoms with van der Waals surface area (Å²) in [6, 6.07) is 5.17. The van der Waals surface area contributed by atoms with E-state index in [0.717, 1.165) is 17.7 Å². The van der Waals surface area contributed by atoms with Crippen molar-refractivity contribution >= 4 is 0 Å². The molecule has 0 unspecified atom stereocenters. The highest BCUT2D eigenvalue weighted by Gasteiger charge is 2.52. The molecule has 0 N–H and O–H groups in total. The van der Waals surface area contributed by atoms with Crippen molar-refractivity contribution in [1.82, 2.24) is 14.8 Å². The first-order chi connectivity index (χ1) is 10.3. The van der Waals surface area contributed by atoms with Gasteiger partial charge in [0.25, 0.3) is 0 Å². The third-order valence-corrected chi connectivity index (χ3v) is 4.40. The predicted molar refractivity (Wildman–Crippen MR) is 72.9 cm³/mol. The van der Waals surface area contributed by atoms with Gasteiger partial charge < -0.3 is 4.74 Å². The van der Waals surface area contributed by atoms with Crippen LogP contribution in [0, 0.1) is 5.92 Å². The Morgan fingerprint density at radius 2 is 1.91 bits per heavy atom. The number of benzene rings is 1. The molecule has 7 heteroatoms. The van der Waals surface area contributed by atoms with Gasteiger partial charge in [-0.25, -0.2) is 9.67 Å². The molecule has 22 heavy (non-hydrogen) atoms. The molecule has 118 valence electrons. The molecule has 3 rings (SSSR count). The molecular weight excluding hydrogens is 295 g/mol. The normalized spacial score (nSPS) is 28.4. The fourth-order valence-electron chi connectivity index (χ4n) is 2.95. The van der Waals surface area contributed by atoms with Crippen LogP contribution in [0.25, 0.3) is 0 Å². The lowest BCUT2D eigenvalue weighted by Gasteiger charge is -2.53. The Kier molecular flexibility index (Phi) is 3.47. The SMILES string of the molecule is C[C@H]1O[C@@](Cn2cncn2)(c2ccc(C(F)(F)F)cc2)[C@H]1C. The number of rotatable bonds is 3. The van der Waals surface area contributed by atoms with Crippen LogP contribution in [-0.4, -0.2) is 20.9 Å². The highest BCUT2D eigenvalue weighted by atomic mass is 19.4.